The van der Waals surface area contributed by atoms with E-state index in [4.69, 9.17) is 28.4 Å². The molecule has 0 aromatic heterocycles. The molecule has 8 heteroatoms. The molecule has 0 spiro atoms. The zero-order valence-corrected chi connectivity index (χ0v) is 25.3. The van der Waals surface area contributed by atoms with Gasteiger partial charge in [-0.2, -0.15) is 0 Å². The van der Waals surface area contributed by atoms with Gasteiger partial charge in [0.1, 0.15) is 24.7 Å². The van der Waals surface area contributed by atoms with Gasteiger partial charge >= 0.3 is 11.9 Å². The fraction of sp³-hybridized carbons (Fsp3) is 0.515. The Labute approximate surface area is 244 Å². The maximum Gasteiger partial charge on any atom is 0.333 e. The Morgan fingerprint density at radius 2 is 1.29 bits per heavy atom. The van der Waals surface area contributed by atoms with Crippen molar-refractivity contribution >= 4 is 22.7 Å². The van der Waals surface area contributed by atoms with Gasteiger partial charge in [-0.15, -0.1) is 0 Å². The van der Waals surface area contributed by atoms with Crippen LogP contribution in [0.25, 0.3) is 10.8 Å². The molecule has 41 heavy (non-hydrogen) atoms. The van der Waals surface area contributed by atoms with Gasteiger partial charge in [0.15, 0.2) is 12.2 Å². The SMILES string of the molecule is C=C(C)C(=O)OC(COCCCC)COc1ccc2c(OCC(COCCCC)OC(=O)C(=C)C)c(C)ccc2c1. The summed E-state index contributed by atoms with van der Waals surface area (Å²) in [5.41, 5.74) is 1.59. The number of fused-ring (bicyclic) bond motifs is 1. The summed E-state index contributed by atoms with van der Waals surface area (Å²) in [7, 11) is 0. The van der Waals surface area contributed by atoms with Crippen LogP contribution in [0.2, 0.25) is 0 Å². The van der Waals surface area contributed by atoms with E-state index in [-0.39, 0.29) is 26.4 Å². The van der Waals surface area contributed by atoms with Crippen molar-refractivity contribution < 1.29 is 38.0 Å². The van der Waals surface area contributed by atoms with Gasteiger partial charge in [0, 0.05) is 29.7 Å². The molecular weight excluding hydrogens is 524 g/mol. The van der Waals surface area contributed by atoms with Crippen molar-refractivity contribution in [3.8, 4) is 11.5 Å². The summed E-state index contributed by atoms with van der Waals surface area (Å²) in [5.74, 6) is 0.361. The molecule has 0 aliphatic rings. The van der Waals surface area contributed by atoms with Gasteiger partial charge < -0.3 is 28.4 Å². The van der Waals surface area contributed by atoms with Crippen molar-refractivity contribution in [3.63, 3.8) is 0 Å². The molecule has 0 saturated heterocycles. The minimum absolute atomic E-state index is 0.136. The first kappa shape index (κ1) is 33.8. The maximum atomic E-state index is 12.2. The second-order valence-corrected chi connectivity index (χ2v) is 10.2. The lowest BCUT2D eigenvalue weighted by Crippen LogP contribution is -2.30. The molecule has 0 heterocycles. The molecule has 8 nitrogen and oxygen atoms in total. The van der Waals surface area contributed by atoms with E-state index < -0.39 is 24.1 Å². The normalized spacial score (nSPS) is 12.4. The number of ether oxygens (including phenoxy) is 6. The number of hydrogen-bond acceptors (Lipinski definition) is 8. The lowest BCUT2D eigenvalue weighted by atomic mass is 10.1. The van der Waals surface area contributed by atoms with E-state index >= 15 is 0 Å². The summed E-state index contributed by atoms with van der Waals surface area (Å²) < 4.78 is 34.7. The van der Waals surface area contributed by atoms with Crippen LogP contribution in [0, 0.1) is 6.92 Å². The largest absolute Gasteiger partial charge is 0.490 e. The number of carbonyl (C=O) groups is 2. The van der Waals surface area contributed by atoms with E-state index in [9.17, 15) is 9.59 Å². The van der Waals surface area contributed by atoms with Gasteiger partial charge in [0.25, 0.3) is 0 Å². The van der Waals surface area contributed by atoms with Crippen molar-refractivity contribution in [1.82, 2.24) is 0 Å². The number of aryl methyl sites for hydroxylation is 1. The number of carbonyl (C=O) groups excluding carboxylic acids is 2. The molecule has 0 aliphatic heterocycles. The van der Waals surface area contributed by atoms with Gasteiger partial charge in [-0.25, -0.2) is 9.59 Å². The summed E-state index contributed by atoms with van der Waals surface area (Å²) >= 11 is 0. The van der Waals surface area contributed by atoms with Crippen LogP contribution in [0.5, 0.6) is 11.5 Å². The second kappa shape index (κ2) is 18.1. The quantitative estimate of drug-likeness (QED) is 0.101. The highest BCUT2D eigenvalue weighted by Gasteiger charge is 2.19. The van der Waals surface area contributed by atoms with Crippen LogP contribution in [-0.4, -0.2) is 63.8 Å². The number of hydrogen-bond donors (Lipinski definition) is 0. The molecular formula is C33H46O8. The first-order chi connectivity index (χ1) is 19.7. The fourth-order valence-corrected chi connectivity index (χ4v) is 3.69. The zero-order valence-electron chi connectivity index (χ0n) is 25.3. The molecule has 0 N–H and O–H groups in total. The number of esters is 2. The molecule has 2 unspecified atom stereocenters. The molecule has 0 amide bonds. The van der Waals surface area contributed by atoms with E-state index in [0.29, 0.717) is 35.9 Å². The van der Waals surface area contributed by atoms with Crippen LogP contribution in [0.4, 0.5) is 0 Å². The third-order valence-electron chi connectivity index (χ3n) is 6.12. The Bertz CT molecular complexity index is 1160. The van der Waals surface area contributed by atoms with Crippen LogP contribution in [0.1, 0.15) is 58.9 Å². The number of benzene rings is 2. The highest BCUT2D eigenvalue weighted by atomic mass is 16.6. The number of rotatable bonds is 20. The minimum Gasteiger partial charge on any atom is -0.490 e. The third-order valence-corrected chi connectivity index (χ3v) is 6.12. The van der Waals surface area contributed by atoms with E-state index in [0.717, 1.165) is 42.0 Å². The molecule has 226 valence electrons. The Balaban J connectivity index is 2.13. The predicted molar refractivity (Wildman–Crippen MR) is 161 cm³/mol. The molecule has 0 aliphatic carbocycles. The monoisotopic (exact) mass is 570 g/mol. The van der Waals surface area contributed by atoms with Gasteiger partial charge in [-0.1, -0.05) is 52.0 Å². The summed E-state index contributed by atoms with van der Waals surface area (Å²) in [5, 5.41) is 1.80. The topological polar surface area (TPSA) is 89.5 Å². The molecule has 0 radical (unpaired) electrons. The molecule has 2 aromatic carbocycles. The minimum atomic E-state index is -0.577. The summed E-state index contributed by atoms with van der Waals surface area (Å²) in [4.78, 5) is 24.3. The fourth-order valence-electron chi connectivity index (χ4n) is 3.69. The van der Waals surface area contributed by atoms with Crippen LogP contribution in [0.15, 0.2) is 54.6 Å². The van der Waals surface area contributed by atoms with Gasteiger partial charge in [-0.05, 0) is 62.8 Å². The molecule has 2 aromatic rings. The standard InChI is InChI=1S/C33H46O8/c1-8-10-16-36-19-28(40-32(34)23(3)4)21-38-27-14-15-30-26(18-27)13-12-25(7)31(30)39-22-29(20-37-17-11-9-2)41-33(35)24(5)6/h12-15,18,28-29H,3,5,8-11,16-17,19-22H2,1-2,4,6-7H3. The first-order valence-electron chi connectivity index (χ1n) is 14.3. The Morgan fingerprint density at radius 1 is 0.756 bits per heavy atom. The molecule has 0 saturated carbocycles. The summed E-state index contributed by atoms with van der Waals surface area (Å²) in [6.07, 6.45) is 2.74. The zero-order chi connectivity index (χ0) is 30.2. The van der Waals surface area contributed by atoms with Gasteiger partial charge in [0.05, 0.1) is 13.2 Å². The Kier molecular flexibility index (Phi) is 15.0. The van der Waals surface area contributed by atoms with Crippen molar-refractivity contribution in [2.75, 3.05) is 39.6 Å². The highest BCUT2D eigenvalue weighted by Crippen LogP contribution is 2.32. The van der Waals surface area contributed by atoms with Crippen molar-refractivity contribution in [2.45, 2.75) is 72.5 Å². The first-order valence-corrected chi connectivity index (χ1v) is 14.3. The smallest absolute Gasteiger partial charge is 0.333 e. The maximum absolute atomic E-state index is 12.2. The van der Waals surface area contributed by atoms with Crippen LogP contribution in [0.3, 0.4) is 0 Å². The van der Waals surface area contributed by atoms with E-state index in [2.05, 4.69) is 27.0 Å². The lowest BCUT2D eigenvalue weighted by molar-refractivity contribution is -0.150. The van der Waals surface area contributed by atoms with E-state index in [1.165, 1.54) is 0 Å². The lowest BCUT2D eigenvalue weighted by Gasteiger charge is -2.21. The third kappa shape index (κ3) is 12.0. The number of unbranched alkanes of at least 4 members (excludes halogenated alkanes) is 2. The van der Waals surface area contributed by atoms with Crippen molar-refractivity contribution in [1.29, 1.82) is 0 Å². The molecule has 0 fully saturated rings. The Hall–Kier alpha value is -3.36. The second-order valence-electron chi connectivity index (χ2n) is 10.2. The average molecular weight is 571 g/mol. The Morgan fingerprint density at radius 3 is 1.80 bits per heavy atom. The summed E-state index contributed by atoms with van der Waals surface area (Å²) in [6.45, 7) is 18.6. The van der Waals surface area contributed by atoms with Crippen molar-refractivity contribution in [3.05, 3.63) is 60.2 Å². The van der Waals surface area contributed by atoms with Gasteiger partial charge in [0.2, 0.25) is 0 Å². The summed E-state index contributed by atoms with van der Waals surface area (Å²) in [6, 6.07) is 9.63. The van der Waals surface area contributed by atoms with Gasteiger partial charge in [-0.3, -0.25) is 0 Å². The average Bonchev–Trinajstić information content (AvgIpc) is 2.94. The predicted octanol–water partition coefficient (Wildman–Crippen LogP) is 6.52. The van der Waals surface area contributed by atoms with Crippen LogP contribution < -0.4 is 9.47 Å². The van der Waals surface area contributed by atoms with E-state index in [1.807, 2.05) is 37.3 Å². The van der Waals surface area contributed by atoms with Crippen molar-refractivity contribution in [2.24, 2.45) is 0 Å². The van der Waals surface area contributed by atoms with E-state index in [1.54, 1.807) is 13.8 Å². The van der Waals surface area contributed by atoms with Crippen LogP contribution in [-0.2, 0) is 28.5 Å². The molecule has 2 rings (SSSR count). The van der Waals surface area contributed by atoms with Crippen LogP contribution >= 0.6 is 0 Å². The molecule has 0 bridgehead atoms. The highest BCUT2D eigenvalue weighted by molar-refractivity contribution is 5.91. The molecule has 2 atom stereocenters.